The van der Waals surface area contributed by atoms with E-state index in [1.54, 1.807) is 12.2 Å². The first-order valence-electron chi connectivity index (χ1n) is 5.07. The van der Waals surface area contributed by atoms with Crippen LogP contribution in [0.15, 0.2) is 55.7 Å². The van der Waals surface area contributed by atoms with Gasteiger partial charge < -0.3 is 20.7 Å². The fraction of sp³-hybridized carbons (Fsp3) is 0. The van der Waals surface area contributed by atoms with E-state index in [0.29, 0.717) is 8.96 Å². The molecule has 0 fully saturated rings. The van der Waals surface area contributed by atoms with E-state index in [4.69, 9.17) is 0 Å². The van der Waals surface area contributed by atoms with Gasteiger partial charge in [-0.15, -0.1) is 0 Å². The number of carbonyl (C=O) groups is 2. The molecule has 0 aromatic carbocycles. The first-order valence-corrected chi connectivity index (χ1v) is 6.66. The van der Waals surface area contributed by atoms with Crippen LogP contribution < -0.4 is 0 Å². The summed E-state index contributed by atoms with van der Waals surface area (Å²) < 4.78 is 1.36. The minimum atomic E-state index is -0.349. The zero-order valence-corrected chi connectivity index (χ0v) is 14.2. The van der Waals surface area contributed by atoms with Crippen LogP contribution in [0.1, 0.15) is 0 Å². The van der Waals surface area contributed by atoms with Crippen molar-refractivity contribution < 1.29 is 26.1 Å². The summed E-state index contributed by atoms with van der Waals surface area (Å²) in [5.41, 5.74) is -0.122. The number of ketones is 2. The Kier molecular flexibility index (Phi) is 9.00. The molecule has 0 bridgehead atoms. The van der Waals surface area contributed by atoms with Crippen molar-refractivity contribution in [3.63, 3.8) is 0 Å². The molecule has 0 atom stereocenters. The van der Waals surface area contributed by atoms with Crippen molar-refractivity contribution in [3.05, 3.63) is 55.8 Å². The molecule has 0 unspecified atom stereocenters. The maximum atomic E-state index is 10.7. The van der Waals surface area contributed by atoms with Gasteiger partial charge in [0, 0.05) is 25.5 Å². The van der Waals surface area contributed by atoms with Crippen LogP contribution >= 0.6 is 31.9 Å². The molecule has 0 aliphatic heterocycles. The topological polar surface area (TPSA) is 105 Å². The molecule has 2 rings (SSSR count). The zero-order chi connectivity index (χ0) is 15.1. The molecule has 0 N–H and O–H groups in total. The molecule has 114 valence electrons. The fourth-order valence-corrected chi connectivity index (χ4v) is 1.82. The molecule has 0 spiro atoms. The average molecular weight is 461 g/mol. The van der Waals surface area contributed by atoms with Crippen LogP contribution in [0.5, 0.6) is 0 Å². The molecule has 0 saturated carbocycles. The number of hydrogen-bond donors (Lipinski definition) is 0. The predicted molar refractivity (Wildman–Crippen MR) is 83.9 cm³/mol. The number of hydrogen-bond acceptors (Lipinski definition) is 6. The van der Waals surface area contributed by atoms with Crippen LogP contribution in [0.4, 0.5) is 0 Å². The largest absolute Gasteiger partial charge is 0.791 e. The third-order valence-corrected chi connectivity index (χ3v) is 3.03. The Labute approximate surface area is 146 Å². The Balaban J connectivity index is 0.000000364. The van der Waals surface area contributed by atoms with E-state index in [1.165, 1.54) is 24.3 Å². The molecule has 21 heavy (non-hydrogen) atoms. The second-order valence-electron chi connectivity index (χ2n) is 3.41. The quantitative estimate of drug-likeness (QED) is 0.315. The molecular formula is C12H6Br2N2NiO4-2. The van der Waals surface area contributed by atoms with E-state index in [0.717, 1.165) is 0 Å². The van der Waals surface area contributed by atoms with Crippen molar-refractivity contribution in [2.45, 2.75) is 0 Å². The van der Waals surface area contributed by atoms with Gasteiger partial charge >= 0.3 is 0 Å². The summed E-state index contributed by atoms with van der Waals surface area (Å²) in [7, 11) is 0. The van der Waals surface area contributed by atoms with Crippen molar-refractivity contribution in [1.82, 2.24) is 0 Å². The van der Waals surface area contributed by atoms with Crippen LogP contribution in [-0.4, -0.2) is 23.0 Å². The van der Waals surface area contributed by atoms with Crippen LogP contribution in [-0.2, 0) is 26.1 Å². The van der Waals surface area contributed by atoms with Gasteiger partial charge in [0.1, 0.15) is 11.4 Å². The van der Waals surface area contributed by atoms with Gasteiger partial charge in [0.25, 0.3) is 0 Å². The van der Waals surface area contributed by atoms with Crippen LogP contribution in [0.25, 0.3) is 0 Å². The smallest absolute Gasteiger partial charge is 0.203 e. The van der Waals surface area contributed by atoms with Gasteiger partial charge in [-0.2, -0.15) is 0 Å². The third-order valence-electron chi connectivity index (χ3n) is 2.04. The summed E-state index contributed by atoms with van der Waals surface area (Å²) >= 11 is 6.20. The number of allylic oxidation sites excluding steroid dienone is 8. The first-order chi connectivity index (χ1) is 9.47. The monoisotopic (exact) mass is 458 g/mol. The molecule has 6 nitrogen and oxygen atoms in total. The molecule has 9 heteroatoms. The zero-order valence-electron chi connectivity index (χ0n) is 10.1. The predicted octanol–water partition coefficient (Wildman–Crippen LogP) is 2.68. The molecule has 2 aliphatic carbocycles. The summed E-state index contributed by atoms with van der Waals surface area (Å²) in [6.07, 6.45) is 8.49. The number of halogens is 2. The van der Waals surface area contributed by atoms with Crippen molar-refractivity contribution >= 4 is 54.8 Å². The van der Waals surface area contributed by atoms with Crippen molar-refractivity contribution in [2.24, 2.45) is 10.3 Å². The van der Waals surface area contributed by atoms with Gasteiger partial charge in [-0.25, -0.2) is 0 Å². The average Bonchev–Trinajstić information content (AvgIpc) is 2.44. The Hall–Kier alpha value is -1.31. The summed E-state index contributed by atoms with van der Waals surface area (Å²) in [5, 5.41) is 24.9. The van der Waals surface area contributed by atoms with Crippen LogP contribution in [0.3, 0.4) is 0 Å². The Morgan fingerprint density at radius 3 is 1.33 bits per heavy atom. The van der Waals surface area contributed by atoms with Gasteiger partial charge in [-0.05, 0) is 36.5 Å². The molecule has 0 aromatic heterocycles. The van der Waals surface area contributed by atoms with Crippen LogP contribution in [0, 0.1) is 10.4 Å². The molecule has 0 saturated heterocycles. The normalized spacial score (nSPS) is 20.5. The standard InChI is InChI=1S/2C6H4BrNO2.Ni/c2*7-4-1-2-6(9)5(3-4)8-10;/h2*1-3,10H;/p-2/b2*8-5+;. The van der Waals surface area contributed by atoms with E-state index in [9.17, 15) is 20.0 Å². The Morgan fingerprint density at radius 2 is 1.10 bits per heavy atom. The molecule has 0 heterocycles. The van der Waals surface area contributed by atoms with E-state index < -0.39 is 0 Å². The molecule has 0 radical (unpaired) electrons. The van der Waals surface area contributed by atoms with Gasteiger partial charge in [0.15, 0.2) is 0 Å². The molecule has 0 aromatic rings. The van der Waals surface area contributed by atoms with Crippen molar-refractivity contribution in [1.29, 1.82) is 0 Å². The number of carbonyl (C=O) groups excluding carboxylic acids is 2. The summed E-state index contributed by atoms with van der Waals surface area (Å²) in [5.74, 6) is -0.698. The second kappa shape index (κ2) is 9.60. The maximum Gasteiger partial charge on any atom is 0.203 e. The van der Waals surface area contributed by atoms with Gasteiger partial charge in [0.05, 0.1) is 0 Å². The van der Waals surface area contributed by atoms with E-state index in [-0.39, 0.29) is 39.5 Å². The Bertz CT molecular complexity index is 565. The minimum absolute atomic E-state index is 0. The van der Waals surface area contributed by atoms with Gasteiger partial charge in [-0.1, -0.05) is 31.9 Å². The first kappa shape index (κ1) is 19.7. The number of rotatable bonds is 0. The van der Waals surface area contributed by atoms with E-state index in [1.807, 2.05) is 0 Å². The SMILES string of the molecule is O=C1C=CC(Br)=C/C1=N\[O-].O=C1C=CC(Br)=C/C1=N\[O-].[Ni]. The molecule has 2 aliphatic rings. The molecule has 0 amide bonds. The fourth-order valence-electron chi connectivity index (χ4n) is 1.12. The van der Waals surface area contributed by atoms with Crippen molar-refractivity contribution in [2.75, 3.05) is 0 Å². The molecular weight excluding hydrogens is 455 g/mol. The van der Waals surface area contributed by atoms with E-state index in [2.05, 4.69) is 42.2 Å². The van der Waals surface area contributed by atoms with Crippen molar-refractivity contribution in [3.8, 4) is 0 Å². The Morgan fingerprint density at radius 1 is 0.762 bits per heavy atom. The third kappa shape index (κ3) is 6.33. The van der Waals surface area contributed by atoms with Crippen LogP contribution in [0.2, 0.25) is 0 Å². The minimum Gasteiger partial charge on any atom is -0.791 e. The van der Waals surface area contributed by atoms with Gasteiger partial charge in [-0.3, -0.25) is 9.59 Å². The summed E-state index contributed by atoms with van der Waals surface area (Å²) in [4.78, 5) is 21.4. The second-order valence-corrected chi connectivity index (χ2v) is 5.24. The van der Waals surface area contributed by atoms with E-state index >= 15 is 0 Å². The maximum absolute atomic E-state index is 10.7. The summed E-state index contributed by atoms with van der Waals surface area (Å²) in [6.45, 7) is 0. The number of nitrogens with zero attached hydrogens (tertiary/aromatic N) is 2. The summed E-state index contributed by atoms with van der Waals surface area (Å²) in [6, 6.07) is 0. The van der Waals surface area contributed by atoms with Gasteiger partial charge in [0.2, 0.25) is 11.6 Å².